The third kappa shape index (κ3) is 3.21. The van der Waals surface area contributed by atoms with E-state index in [2.05, 4.69) is 38.3 Å². The zero-order valence-electron chi connectivity index (χ0n) is 12.0. The van der Waals surface area contributed by atoms with E-state index in [-0.39, 0.29) is 16.7 Å². The second kappa shape index (κ2) is 5.38. The van der Waals surface area contributed by atoms with Gasteiger partial charge in [-0.05, 0) is 31.2 Å². The Kier molecular flexibility index (Phi) is 4.59. The van der Waals surface area contributed by atoms with Crippen LogP contribution in [0.2, 0.25) is 0 Å². The average molecular weight is 240 g/mol. The fourth-order valence-corrected chi connectivity index (χ4v) is 2.13. The minimum absolute atomic E-state index is 0.123. The molecular weight excluding hydrogens is 212 g/mol. The van der Waals surface area contributed by atoms with Crippen LogP contribution < -0.4 is 10.6 Å². The summed E-state index contributed by atoms with van der Waals surface area (Å²) in [4.78, 5) is 12.3. The SMILES string of the molecule is CNCC1(C(=O)NCC(C)(C)C(C)C)CCC1. The Morgan fingerprint density at radius 1 is 1.35 bits per heavy atom. The Hall–Kier alpha value is -0.570. The van der Waals surface area contributed by atoms with Crippen molar-refractivity contribution in [1.82, 2.24) is 10.6 Å². The molecule has 0 atom stereocenters. The predicted molar refractivity (Wildman–Crippen MR) is 71.8 cm³/mol. The number of rotatable bonds is 6. The molecule has 3 nitrogen and oxygen atoms in total. The Morgan fingerprint density at radius 3 is 2.29 bits per heavy atom. The third-order valence-electron chi connectivity index (χ3n) is 4.58. The molecule has 1 fully saturated rings. The van der Waals surface area contributed by atoms with E-state index in [0.717, 1.165) is 25.9 Å². The van der Waals surface area contributed by atoms with Crippen molar-refractivity contribution in [2.24, 2.45) is 16.7 Å². The van der Waals surface area contributed by atoms with Gasteiger partial charge in [0.15, 0.2) is 0 Å². The molecule has 0 bridgehead atoms. The molecule has 1 aliphatic carbocycles. The van der Waals surface area contributed by atoms with Gasteiger partial charge in [0.25, 0.3) is 0 Å². The lowest BCUT2D eigenvalue weighted by atomic mass is 9.67. The van der Waals surface area contributed by atoms with E-state index in [9.17, 15) is 4.79 Å². The number of hydrogen-bond donors (Lipinski definition) is 2. The maximum absolute atomic E-state index is 12.3. The molecule has 1 aliphatic rings. The van der Waals surface area contributed by atoms with Crippen LogP contribution in [0, 0.1) is 16.7 Å². The number of carbonyl (C=O) groups is 1. The Morgan fingerprint density at radius 2 is 1.94 bits per heavy atom. The van der Waals surface area contributed by atoms with Gasteiger partial charge in [-0.2, -0.15) is 0 Å². The van der Waals surface area contributed by atoms with Crippen LogP contribution in [0.15, 0.2) is 0 Å². The molecule has 0 aromatic carbocycles. The molecule has 0 radical (unpaired) electrons. The molecule has 100 valence electrons. The van der Waals surface area contributed by atoms with E-state index in [0.29, 0.717) is 5.92 Å². The first-order chi connectivity index (χ1) is 7.84. The van der Waals surface area contributed by atoms with Gasteiger partial charge in [-0.3, -0.25) is 4.79 Å². The standard InChI is InChI=1S/C14H28N2O/c1-11(2)13(3,4)9-16-12(17)14(10-15-5)7-6-8-14/h11,15H,6-10H2,1-5H3,(H,16,17). The Balaban J connectivity index is 2.49. The second-order valence-electron chi connectivity index (χ2n) is 6.49. The van der Waals surface area contributed by atoms with Gasteiger partial charge in [-0.25, -0.2) is 0 Å². The summed E-state index contributed by atoms with van der Waals surface area (Å²) in [6, 6.07) is 0. The van der Waals surface area contributed by atoms with E-state index >= 15 is 0 Å². The topological polar surface area (TPSA) is 41.1 Å². The Bertz CT molecular complexity index is 267. The van der Waals surface area contributed by atoms with Crippen molar-refractivity contribution in [3.63, 3.8) is 0 Å². The highest BCUT2D eigenvalue weighted by atomic mass is 16.2. The first kappa shape index (κ1) is 14.5. The van der Waals surface area contributed by atoms with Gasteiger partial charge < -0.3 is 10.6 Å². The molecule has 1 saturated carbocycles. The summed E-state index contributed by atoms with van der Waals surface area (Å²) in [6.45, 7) is 10.4. The fourth-order valence-electron chi connectivity index (χ4n) is 2.13. The zero-order valence-corrected chi connectivity index (χ0v) is 12.0. The largest absolute Gasteiger partial charge is 0.355 e. The summed E-state index contributed by atoms with van der Waals surface area (Å²) in [5.41, 5.74) is 0.0437. The van der Waals surface area contributed by atoms with Crippen molar-refractivity contribution in [3.05, 3.63) is 0 Å². The number of carbonyl (C=O) groups excluding carboxylic acids is 1. The van der Waals surface area contributed by atoms with Crippen LogP contribution in [-0.2, 0) is 4.79 Å². The number of hydrogen-bond acceptors (Lipinski definition) is 2. The van der Waals surface area contributed by atoms with E-state index < -0.39 is 0 Å². The maximum Gasteiger partial charge on any atom is 0.227 e. The van der Waals surface area contributed by atoms with Crippen LogP contribution in [0.5, 0.6) is 0 Å². The molecule has 17 heavy (non-hydrogen) atoms. The normalized spacial score (nSPS) is 18.9. The van der Waals surface area contributed by atoms with Crippen LogP contribution in [0.1, 0.15) is 47.0 Å². The van der Waals surface area contributed by atoms with Gasteiger partial charge in [-0.1, -0.05) is 34.1 Å². The predicted octanol–water partition coefficient (Wildman–Crippen LogP) is 2.17. The second-order valence-corrected chi connectivity index (χ2v) is 6.49. The summed E-state index contributed by atoms with van der Waals surface area (Å²) in [5, 5.41) is 6.30. The average Bonchev–Trinajstić information content (AvgIpc) is 2.20. The van der Waals surface area contributed by atoms with Crippen molar-refractivity contribution in [3.8, 4) is 0 Å². The molecule has 3 heteroatoms. The summed E-state index contributed by atoms with van der Waals surface area (Å²) in [6.07, 6.45) is 3.24. The summed E-state index contributed by atoms with van der Waals surface area (Å²) in [7, 11) is 1.92. The van der Waals surface area contributed by atoms with Crippen molar-refractivity contribution in [1.29, 1.82) is 0 Å². The van der Waals surface area contributed by atoms with Gasteiger partial charge in [0, 0.05) is 13.1 Å². The van der Waals surface area contributed by atoms with Crippen LogP contribution in [0.3, 0.4) is 0 Å². The van der Waals surface area contributed by atoms with Gasteiger partial charge in [-0.15, -0.1) is 0 Å². The van der Waals surface area contributed by atoms with Gasteiger partial charge in [0.05, 0.1) is 5.41 Å². The highest BCUT2D eigenvalue weighted by molar-refractivity contribution is 5.83. The molecule has 0 aromatic heterocycles. The van der Waals surface area contributed by atoms with Gasteiger partial charge in [0.2, 0.25) is 5.91 Å². The lowest BCUT2D eigenvalue weighted by Crippen LogP contribution is -2.52. The van der Waals surface area contributed by atoms with Crippen molar-refractivity contribution in [2.75, 3.05) is 20.1 Å². The fraction of sp³-hybridized carbons (Fsp3) is 0.929. The third-order valence-corrected chi connectivity index (χ3v) is 4.58. The molecule has 2 N–H and O–H groups in total. The lowest BCUT2D eigenvalue weighted by Gasteiger charge is -2.41. The smallest absolute Gasteiger partial charge is 0.227 e. The van der Waals surface area contributed by atoms with E-state index in [4.69, 9.17) is 0 Å². The summed E-state index contributed by atoms with van der Waals surface area (Å²) >= 11 is 0. The molecule has 1 amide bonds. The number of nitrogens with one attached hydrogen (secondary N) is 2. The first-order valence-corrected chi connectivity index (χ1v) is 6.77. The first-order valence-electron chi connectivity index (χ1n) is 6.77. The molecule has 1 rings (SSSR count). The van der Waals surface area contributed by atoms with E-state index in [1.807, 2.05) is 7.05 Å². The zero-order chi connectivity index (χ0) is 13.1. The van der Waals surface area contributed by atoms with Crippen LogP contribution >= 0.6 is 0 Å². The lowest BCUT2D eigenvalue weighted by molar-refractivity contribution is -0.136. The summed E-state index contributed by atoms with van der Waals surface area (Å²) in [5.74, 6) is 0.816. The highest BCUT2D eigenvalue weighted by Crippen LogP contribution is 2.40. The summed E-state index contributed by atoms with van der Waals surface area (Å²) < 4.78 is 0. The van der Waals surface area contributed by atoms with Crippen LogP contribution in [0.25, 0.3) is 0 Å². The Labute approximate surface area is 106 Å². The minimum atomic E-state index is -0.123. The van der Waals surface area contributed by atoms with Crippen molar-refractivity contribution < 1.29 is 4.79 Å². The van der Waals surface area contributed by atoms with Gasteiger partial charge in [0.1, 0.15) is 0 Å². The minimum Gasteiger partial charge on any atom is -0.355 e. The van der Waals surface area contributed by atoms with Crippen LogP contribution in [-0.4, -0.2) is 26.0 Å². The number of amides is 1. The molecule has 0 aromatic rings. The molecule has 0 saturated heterocycles. The molecule has 0 spiro atoms. The molecule has 0 heterocycles. The van der Waals surface area contributed by atoms with Gasteiger partial charge >= 0.3 is 0 Å². The highest BCUT2D eigenvalue weighted by Gasteiger charge is 2.43. The molecular formula is C14H28N2O. The maximum atomic E-state index is 12.3. The molecule has 0 unspecified atom stereocenters. The van der Waals surface area contributed by atoms with Crippen molar-refractivity contribution >= 4 is 5.91 Å². The van der Waals surface area contributed by atoms with E-state index in [1.165, 1.54) is 6.42 Å². The van der Waals surface area contributed by atoms with E-state index in [1.54, 1.807) is 0 Å². The monoisotopic (exact) mass is 240 g/mol. The molecule has 0 aliphatic heterocycles. The van der Waals surface area contributed by atoms with Crippen LogP contribution in [0.4, 0.5) is 0 Å². The quantitative estimate of drug-likeness (QED) is 0.747. The van der Waals surface area contributed by atoms with Crippen molar-refractivity contribution in [2.45, 2.75) is 47.0 Å².